The molecule has 8 rings (SSSR count). The fourth-order valence-corrected chi connectivity index (χ4v) is 9.81. The second-order valence-corrected chi connectivity index (χ2v) is 16.2. The van der Waals surface area contributed by atoms with Crippen LogP contribution in [0.1, 0.15) is 59.1 Å². The summed E-state index contributed by atoms with van der Waals surface area (Å²) in [6.45, 7) is 4.09. The number of fused-ring (bicyclic) bond motifs is 2. The largest absolute Gasteiger partial charge is 0.497 e. The van der Waals surface area contributed by atoms with E-state index in [1.54, 1.807) is 49.3 Å². The number of methoxy groups -OCH3 is 2. The molecule has 2 aromatic carbocycles. The summed E-state index contributed by atoms with van der Waals surface area (Å²) >= 11 is 6.18. The maximum absolute atomic E-state index is 13.2. The molecule has 0 aliphatic heterocycles. The molecule has 8 nitrogen and oxygen atoms in total. The van der Waals surface area contributed by atoms with Crippen molar-refractivity contribution in [2.45, 2.75) is 38.5 Å². The highest BCUT2D eigenvalue weighted by Crippen LogP contribution is 2.54. The average molecular weight is 741 g/mol. The van der Waals surface area contributed by atoms with E-state index in [2.05, 4.69) is 78.5 Å². The molecule has 4 atom stereocenters. The molecule has 50 heavy (non-hydrogen) atoms. The molecule has 0 spiro atoms. The molecule has 4 heterocycles. The van der Waals surface area contributed by atoms with Crippen LogP contribution in [-0.2, 0) is 22.4 Å². The highest BCUT2D eigenvalue weighted by molar-refractivity contribution is 7.14. The van der Waals surface area contributed by atoms with Crippen LogP contribution in [0, 0.1) is 10.8 Å². The predicted molar refractivity (Wildman–Crippen MR) is 203 cm³/mol. The molecular weight excluding hydrogens is 705 g/mol. The summed E-state index contributed by atoms with van der Waals surface area (Å²) in [5.41, 5.74) is 5.97. The Hall–Kier alpha value is -4.36. The van der Waals surface area contributed by atoms with E-state index in [4.69, 9.17) is 9.47 Å². The minimum Gasteiger partial charge on any atom is -0.497 e. The lowest BCUT2D eigenvalue weighted by molar-refractivity contribution is -0.125. The smallest absolute Gasteiger partial charge is 0.233 e. The van der Waals surface area contributed by atoms with Crippen LogP contribution in [0.5, 0.6) is 11.5 Å². The quantitative estimate of drug-likeness (QED) is 0.162. The molecule has 0 saturated heterocycles. The van der Waals surface area contributed by atoms with E-state index in [0.29, 0.717) is 23.1 Å². The van der Waals surface area contributed by atoms with E-state index >= 15 is 0 Å². The molecule has 0 radical (unpaired) electrons. The fraction of sp³-hybridized carbons (Fsp3) is 0.263. The molecule has 0 bridgehead atoms. The molecule has 2 amide bonds. The number of hydrogen-bond acceptors (Lipinski definition) is 10. The first-order valence-electron chi connectivity index (χ1n) is 16.0. The van der Waals surface area contributed by atoms with Gasteiger partial charge in [-0.05, 0) is 118 Å². The number of nitrogens with zero attached hydrogens (tertiary/aromatic N) is 2. The lowest BCUT2D eigenvalue weighted by Gasteiger charge is -2.30. The van der Waals surface area contributed by atoms with Crippen molar-refractivity contribution in [2.75, 3.05) is 24.9 Å². The van der Waals surface area contributed by atoms with Crippen molar-refractivity contribution in [3.63, 3.8) is 0 Å². The van der Waals surface area contributed by atoms with Gasteiger partial charge >= 0.3 is 0 Å². The molecule has 12 heteroatoms. The van der Waals surface area contributed by atoms with Crippen molar-refractivity contribution in [2.24, 2.45) is 10.8 Å². The molecule has 2 aliphatic carbocycles. The van der Waals surface area contributed by atoms with Crippen LogP contribution in [0.4, 0.5) is 10.3 Å². The number of carbonyl (C=O) groups is 2. The summed E-state index contributed by atoms with van der Waals surface area (Å²) in [7, 11) is 3.34. The lowest BCUT2D eigenvalue weighted by atomic mass is 9.74. The van der Waals surface area contributed by atoms with Gasteiger partial charge in [-0.1, -0.05) is 12.1 Å². The number of ether oxygens (including phenoxy) is 2. The Bertz CT molecular complexity index is 1930. The average Bonchev–Trinajstić information content (AvgIpc) is 3.96. The zero-order chi connectivity index (χ0) is 34.9. The van der Waals surface area contributed by atoms with Gasteiger partial charge in [0.05, 0.1) is 25.0 Å². The summed E-state index contributed by atoms with van der Waals surface area (Å²) < 4.78 is 10.8. The number of rotatable bonds is 8. The SMILES string of the molecule is COc1ccc2c(c1)[C@H](c1ccsc1)[C@@](C)(C(=O)Nc1nccs1)C2.COc1ccc2c(c1)[C@H](c1ccsc1)[C@](C)(C(=O)Nc1nccs1)C2. The van der Waals surface area contributed by atoms with Crippen LogP contribution in [0.15, 0.2) is 93.2 Å². The van der Waals surface area contributed by atoms with Gasteiger partial charge in [-0.25, -0.2) is 9.97 Å². The van der Waals surface area contributed by atoms with E-state index in [1.807, 2.05) is 36.7 Å². The lowest BCUT2D eigenvalue weighted by Crippen LogP contribution is -2.37. The van der Waals surface area contributed by atoms with Gasteiger partial charge in [0.25, 0.3) is 0 Å². The van der Waals surface area contributed by atoms with Crippen molar-refractivity contribution >= 4 is 67.4 Å². The van der Waals surface area contributed by atoms with Crippen molar-refractivity contribution in [3.8, 4) is 11.5 Å². The van der Waals surface area contributed by atoms with Gasteiger partial charge in [0.15, 0.2) is 10.3 Å². The Morgan fingerprint density at radius 2 is 1.12 bits per heavy atom. The van der Waals surface area contributed by atoms with Crippen LogP contribution in [0.2, 0.25) is 0 Å². The topological polar surface area (TPSA) is 102 Å². The number of anilines is 2. The number of carbonyl (C=O) groups excluding carboxylic acids is 2. The monoisotopic (exact) mass is 740 g/mol. The number of thiazole rings is 2. The van der Waals surface area contributed by atoms with Crippen molar-refractivity contribution in [3.05, 3.63) is 127 Å². The van der Waals surface area contributed by atoms with Gasteiger partial charge in [0, 0.05) is 35.0 Å². The van der Waals surface area contributed by atoms with Gasteiger partial charge in [-0.15, -0.1) is 22.7 Å². The van der Waals surface area contributed by atoms with Gasteiger partial charge < -0.3 is 20.1 Å². The van der Waals surface area contributed by atoms with Gasteiger partial charge in [-0.3, -0.25) is 9.59 Å². The molecule has 256 valence electrons. The normalized spacial score (nSPS) is 21.8. The summed E-state index contributed by atoms with van der Waals surface area (Å²) in [6.07, 6.45) is 4.80. The third kappa shape index (κ3) is 6.37. The molecule has 0 unspecified atom stereocenters. The van der Waals surface area contributed by atoms with Crippen molar-refractivity contribution < 1.29 is 19.1 Å². The summed E-state index contributed by atoms with van der Waals surface area (Å²) in [5.74, 6) is 1.67. The standard InChI is InChI=1S/2C19H18N2O2S2/c2*1-19(17(22)21-18-20-6-8-25-18)10-12-3-4-14(23-2)9-15(12)16(19)13-5-7-24-11-13/h2*3-9,11,16H,10H2,1-2H3,(H,20,21,22)/t16-,19+;16-,19-/m00/s1. The highest BCUT2D eigenvalue weighted by Gasteiger charge is 2.50. The predicted octanol–water partition coefficient (Wildman–Crippen LogP) is 9.09. The third-order valence-corrected chi connectivity index (χ3v) is 12.6. The molecule has 2 N–H and O–H groups in total. The van der Waals surface area contributed by atoms with E-state index < -0.39 is 10.8 Å². The fourth-order valence-electron chi connectivity index (χ4n) is 7.39. The van der Waals surface area contributed by atoms with Crippen LogP contribution in [-0.4, -0.2) is 36.0 Å². The minimum atomic E-state index is -0.568. The first kappa shape index (κ1) is 34.1. The van der Waals surface area contributed by atoms with E-state index in [9.17, 15) is 9.59 Å². The Labute approximate surface area is 307 Å². The maximum atomic E-state index is 13.2. The molecule has 0 fully saturated rings. The first-order valence-corrected chi connectivity index (χ1v) is 19.7. The summed E-state index contributed by atoms with van der Waals surface area (Å²) in [5, 5.41) is 19.4. The molecule has 6 aromatic rings. The van der Waals surface area contributed by atoms with Gasteiger partial charge in [-0.2, -0.15) is 22.7 Å². The minimum absolute atomic E-state index is 0.00353. The number of hydrogen-bond donors (Lipinski definition) is 2. The van der Waals surface area contributed by atoms with E-state index in [1.165, 1.54) is 56.1 Å². The Kier molecular flexibility index (Phi) is 9.62. The van der Waals surface area contributed by atoms with Crippen molar-refractivity contribution in [1.82, 2.24) is 9.97 Å². The zero-order valence-electron chi connectivity index (χ0n) is 28.0. The number of aromatic nitrogens is 2. The molecule has 0 saturated carbocycles. The first-order chi connectivity index (χ1) is 24.2. The van der Waals surface area contributed by atoms with Crippen LogP contribution < -0.4 is 20.1 Å². The molecular formula is C38H36N4O4S4. The number of nitrogens with one attached hydrogen (secondary N) is 2. The number of thiophene rings is 2. The van der Waals surface area contributed by atoms with E-state index in [0.717, 1.165) is 11.5 Å². The highest BCUT2D eigenvalue weighted by atomic mass is 32.1. The van der Waals surface area contributed by atoms with Gasteiger partial charge in [0.2, 0.25) is 11.8 Å². The van der Waals surface area contributed by atoms with Crippen LogP contribution in [0.25, 0.3) is 0 Å². The van der Waals surface area contributed by atoms with Crippen LogP contribution in [0.3, 0.4) is 0 Å². The maximum Gasteiger partial charge on any atom is 0.233 e. The van der Waals surface area contributed by atoms with E-state index in [-0.39, 0.29) is 23.7 Å². The summed E-state index contributed by atoms with van der Waals surface area (Å²) in [6, 6.07) is 16.4. The Balaban J connectivity index is 0.000000157. The second kappa shape index (κ2) is 14.1. The van der Waals surface area contributed by atoms with Gasteiger partial charge in [0.1, 0.15) is 11.5 Å². The van der Waals surface area contributed by atoms with Crippen molar-refractivity contribution in [1.29, 1.82) is 0 Å². The summed E-state index contributed by atoms with van der Waals surface area (Å²) in [4.78, 5) is 34.8. The third-order valence-electron chi connectivity index (χ3n) is 9.81. The Morgan fingerprint density at radius 1 is 0.680 bits per heavy atom. The molecule has 2 aliphatic rings. The molecule has 4 aromatic heterocycles. The second-order valence-electron chi connectivity index (χ2n) is 12.9. The number of amides is 2. The van der Waals surface area contributed by atoms with Crippen LogP contribution >= 0.6 is 45.3 Å². The zero-order valence-corrected chi connectivity index (χ0v) is 31.2. The Morgan fingerprint density at radius 3 is 1.46 bits per heavy atom. The number of benzene rings is 2.